The minimum absolute atomic E-state index is 0.00760. The van der Waals surface area contributed by atoms with Crippen LogP contribution in [0.4, 0.5) is 4.79 Å². The zero-order valence-electron chi connectivity index (χ0n) is 9.78. The van der Waals surface area contributed by atoms with Crippen molar-refractivity contribution in [2.75, 3.05) is 6.61 Å². The van der Waals surface area contributed by atoms with Gasteiger partial charge in [-0.3, -0.25) is 4.79 Å². The van der Waals surface area contributed by atoms with Gasteiger partial charge >= 0.3 is 6.09 Å². The molecule has 0 spiro atoms. The first kappa shape index (κ1) is 12.9. The fraction of sp³-hybridized carbons (Fsp3) is 0.800. The molecular weight excluding hydrogens is 212 g/mol. The number of nitrogens with one attached hydrogen (secondary N) is 1. The molecular formula is C10H18N2O4. The molecule has 0 aromatic heterocycles. The van der Waals surface area contributed by atoms with E-state index in [0.29, 0.717) is 0 Å². The van der Waals surface area contributed by atoms with E-state index in [1.165, 1.54) is 0 Å². The van der Waals surface area contributed by atoms with E-state index in [2.05, 4.69) is 5.32 Å². The maximum Gasteiger partial charge on any atom is 0.408 e. The fourth-order valence-electron chi connectivity index (χ4n) is 1.32. The highest BCUT2D eigenvalue weighted by Crippen LogP contribution is 2.10. The van der Waals surface area contributed by atoms with E-state index in [-0.39, 0.29) is 18.8 Å². The third kappa shape index (κ3) is 4.16. The van der Waals surface area contributed by atoms with Gasteiger partial charge in [0.15, 0.2) is 5.78 Å². The van der Waals surface area contributed by atoms with Crippen LogP contribution in [-0.2, 0) is 14.3 Å². The molecule has 0 aromatic rings. The number of ketones is 1. The van der Waals surface area contributed by atoms with Crippen molar-refractivity contribution in [2.24, 2.45) is 5.73 Å². The van der Waals surface area contributed by atoms with Crippen LogP contribution in [0.3, 0.4) is 0 Å². The third-order valence-electron chi connectivity index (χ3n) is 1.98. The zero-order valence-corrected chi connectivity index (χ0v) is 9.78. The lowest BCUT2D eigenvalue weighted by atomic mass is 10.1. The Balaban J connectivity index is 2.46. The smallest absolute Gasteiger partial charge is 0.408 e. The van der Waals surface area contributed by atoms with Gasteiger partial charge in [0.2, 0.25) is 0 Å². The van der Waals surface area contributed by atoms with Gasteiger partial charge in [-0.15, -0.1) is 0 Å². The maximum atomic E-state index is 11.4. The van der Waals surface area contributed by atoms with Crippen LogP contribution in [0.5, 0.6) is 0 Å². The predicted molar refractivity (Wildman–Crippen MR) is 56.7 cm³/mol. The predicted octanol–water partition coefficient (Wildman–Crippen LogP) is 0.154. The average molecular weight is 230 g/mol. The van der Waals surface area contributed by atoms with E-state index in [0.717, 1.165) is 0 Å². The lowest BCUT2D eigenvalue weighted by molar-refractivity contribution is -0.133. The van der Waals surface area contributed by atoms with Gasteiger partial charge in [0, 0.05) is 6.42 Å². The lowest BCUT2D eigenvalue weighted by Crippen LogP contribution is -2.54. The van der Waals surface area contributed by atoms with Gasteiger partial charge in [-0.25, -0.2) is 4.79 Å². The van der Waals surface area contributed by atoms with Crippen LogP contribution in [-0.4, -0.2) is 36.4 Å². The highest BCUT2D eigenvalue weighted by Gasteiger charge is 2.30. The average Bonchev–Trinajstić information content (AvgIpc) is 2.08. The molecule has 0 unspecified atom stereocenters. The van der Waals surface area contributed by atoms with Crippen molar-refractivity contribution in [3.63, 3.8) is 0 Å². The van der Waals surface area contributed by atoms with Gasteiger partial charge in [-0.2, -0.15) is 0 Å². The van der Waals surface area contributed by atoms with Crippen molar-refractivity contribution in [1.29, 1.82) is 0 Å². The molecule has 0 bridgehead atoms. The number of hydrogen-bond acceptors (Lipinski definition) is 5. The first-order chi connectivity index (χ1) is 7.28. The highest BCUT2D eigenvalue weighted by molar-refractivity contribution is 5.81. The van der Waals surface area contributed by atoms with Gasteiger partial charge in [0.05, 0.1) is 6.04 Å². The summed E-state index contributed by atoms with van der Waals surface area (Å²) in [6.45, 7) is 5.28. The Morgan fingerprint density at radius 2 is 2.19 bits per heavy atom. The van der Waals surface area contributed by atoms with Crippen LogP contribution < -0.4 is 11.1 Å². The molecule has 0 aromatic carbocycles. The molecule has 6 nitrogen and oxygen atoms in total. The van der Waals surface area contributed by atoms with Crippen molar-refractivity contribution in [3.05, 3.63) is 0 Å². The SMILES string of the molecule is CC(C)(C)OC(=O)N[C@H]1CC(=O)CO[C@@H]1N. The van der Waals surface area contributed by atoms with Crippen LogP contribution in [0.1, 0.15) is 27.2 Å². The van der Waals surface area contributed by atoms with Crippen molar-refractivity contribution < 1.29 is 19.1 Å². The quantitative estimate of drug-likeness (QED) is 0.669. The number of amides is 1. The van der Waals surface area contributed by atoms with Crippen LogP contribution in [0.25, 0.3) is 0 Å². The van der Waals surface area contributed by atoms with Crippen LogP contribution >= 0.6 is 0 Å². The molecule has 6 heteroatoms. The summed E-state index contributed by atoms with van der Waals surface area (Å²) in [5.41, 5.74) is 5.03. The first-order valence-corrected chi connectivity index (χ1v) is 5.16. The van der Waals surface area contributed by atoms with E-state index in [1.807, 2.05) is 0 Å². The van der Waals surface area contributed by atoms with E-state index in [9.17, 15) is 9.59 Å². The van der Waals surface area contributed by atoms with Crippen LogP contribution in [0.2, 0.25) is 0 Å². The highest BCUT2D eigenvalue weighted by atomic mass is 16.6. The lowest BCUT2D eigenvalue weighted by Gasteiger charge is -2.29. The molecule has 1 amide bonds. The van der Waals surface area contributed by atoms with Gasteiger partial charge in [-0.05, 0) is 20.8 Å². The van der Waals surface area contributed by atoms with Gasteiger partial charge in [0.1, 0.15) is 18.4 Å². The molecule has 0 aliphatic carbocycles. The summed E-state index contributed by atoms with van der Waals surface area (Å²) < 4.78 is 10.0. The second kappa shape index (κ2) is 4.80. The van der Waals surface area contributed by atoms with Gasteiger partial charge in [-0.1, -0.05) is 0 Å². The summed E-state index contributed by atoms with van der Waals surface area (Å²) >= 11 is 0. The number of carbonyl (C=O) groups is 2. The van der Waals surface area contributed by atoms with Gasteiger partial charge < -0.3 is 20.5 Å². The number of carbonyl (C=O) groups excluding carboxylic acids is 2. The van der Waals surface area contributed by atoms with Crippen molar-refractivity contribution in [2.45, 2.75) is 45.1 Å². The number of alkyl carbamates (subject to hydrolysis) is 1. The minimum Gasteiger partial charge on any atom is -0.444 e. The summed E-state index contributed by atoms with van der Waals surface area (Å²) in [6.07, 6.45) is -1.07. The Bertz CT molecular complexity index is 285. The molecule has 16 heavy (non-hydrogen) atoms. The topological polar surface area (TPSA) is 90.6 Å². The summed E-state index contributed by atoms with van der Waals surface area (Å²) in [5, 5.41) is 2.52. The Hall–Kier alpha value is -1.14. The Labute approximate surface area is 94.5 Å². The van der Waals surface area contributed by atoms with Crippen molar-refractivity contribution in [3.8, 4) is 0 Å². The van der Waals surface area contributed by atoms with E-state index >= 15 is 0 Å². The zero-order chi connectivity index (χ0) is 12.3. The molecule has 3 N–H and O–H groups in total. The van der Waals surface area contributed by atoms with Crippen molar-refractivity contribution >= 4 is 11.9 Å². The van der Waals surface area contributed by atoms with E-state index < -0.39 is 24.0 Å². The summed E-state index contributed by atoms with van der Waals surface area (Å²) in [7, 11) is 0. The van der Waals surface area contributed by atoms with Crippen LogP contribution in [0, 0.1) is 0 Å². The number of nitrogens with two attached hydrogens (primary N) is 1. The number of rotatable bonds is 1. The molecule has 0 saturated carbocycles. The standard InChI is InChI=1S/C10H18N2O4/c1-10(2,3)16-9(14)12-7-4-6(13)5-15-8(7)11/h7-8H,4-5,11H2,1-3H3,(H,12,14)/t7-,8-/m0/s1. The number of ether oxygens (including phenoxy) is 2. The second-order valence-corrected chi connectivity index (χ2v) is 4.77. The number of Topliss-reactive ketones (excluding diaryl/α,β-unsaturated/α-hetero) is 1. The molecule has 1 rings (SSSR count). The van der Waals surface area contributed by atoms with Crippen LogP contribution in [0.15, 0.2) is 0 Å². The largest absolute Gasteiger partial charge is 0.444 e. The third-order valence-corrected chi connectivity index (χ3v) is 1.98. The van der Waals surface area contributed by atoms with Crippen molar-refractivity contribution in [1.82, 2.24) is 5.32 Å². The molecule has 1 heterocycles. The second-order valence-electron chi connectivity index (χ2n) is 4.77. The molecule has 92 valence electrons. The van der Waals surface area contributed by atoms with Gasteiger partial charge in [0.25, 0.3) is 0 Å². The summed E-state index contributed by atoms with van der Waals surface area (Å²) in [5.74, 6) is -0.0808. The first-order valence-electron chi connectivity index (χ1n) is 5.16. The Morgan fingerprint density at radius 3 is 2.75 bits per heavy atom. The maximum absolute atomic E-state index is 11.4. The number of hydrogen-bond donors (Lipinski definition) is 2. The fourth-order valence-corrected chi connectivity index (χ4v) is 1.32. The van der Waals surface area contributed by atoms with E-state index in [1.54, 1.807) is 20.8 Å². The molecule has 0 radical (unpaired) electrons. The minimum atomic E-state index is -0.662. The summed E-state index contributed by atoms with van der Waals surface area (Å²) in [4.78, 5) is 22.5. The molecule has 1 aliphatic rings. The van der Waals surface area contributed by atoms with E-state index in [4.69, 9.17) is 15.2 Å². The normalized spacial score (nSPS) is 26.4. The molecule has 2 atom stereocenters. The monoisotopic (exact) mass is 230 g/mol. The Kier molecular flexibility index (Phi) is 3.88. The summed E-state index contributed by atoms with van der Waals surface area (Å²) in [6, 6.07) is -0.518. The molecule has 1 fully saturated rings. The Morgan fingerprint density at radius 1 is 1.56 bits per heavy atom. The molecule has 1 saturated heterocycles. The molecule has 1 aliphatic heterocycles.